The molecule has 2 aliphatic heterocycles. The molecule has 0 aliphatic carbocycles. The number of hydrogen-bond acceptors (Lipinski definition) is 5. The van der Waals surface area contributed by atoms with Gasteiger partial charge in [-0.3, -0.25) is 14.5 Å². The average Bonchev–Trinajstić information content (AvgIpc) is 3.07. The summed E-state index contributed by atoms with van der Waals surface area (Å²) in [6.07, 6.45) is 0.698. The Morgan fingerprint density at radius 1 is 1.06 bits per heavy atom. The van der Waals surface area contributed by atoms with E-state index in [1.54, 1.807) is 41.3 Å². The summed E-state index contributed by atoms with van der Waals surface area (Å²) in [7, 11) is 0. The van der Waals surface area contributed by atoms with Gasteiger partial charge in [0.05, 0.1) is 30.2 Å². The van der Waals surface area contributed by atoms with Crippen LogP contribution in [0.25, 0.3) is 11.0 Å². The number of carbonyl (C=O) groups excluding carboxylic acids is 1. The third-order valence-electron chi connectivity index (χ3n) is 6.10. The molecule has 1 amide bonds. The van der Waals surface area contributed by atoms with Gasteiger partial charge in [-0.15, -0.1) is 0 Å². The second-order valence-electron chi connectivity index (χ2n) is 8.04. The molecule has 1 saturated heterocycles. The standard InChI is InChI=1S/C24H22BrFN2O4/c25-15-6-7-19-17(14-15)22(29)20-21(16-4-1-2-5-18(16)26)28(24(30)23(20)32-19)9-3-8-27-10-12-31-13-11-27/h1-2,4-7,14,21H,3,8-13H2. The molecule has 2 aliphatic rings. The van der Waals surface area contributed by atoms with Gasteiger partial charge in [0.1, 0.15) is 11.4 Å². The molecule has 0 N–H and O–H groups in total. The van der Waals surface area contributed by atoms with Gasteiger partial charge >= 0.3 is 0 Å². The maximum absolute atomic E-state index is 14.9. The van der Waals surface area contributed by atoms with Gasteiger partial charge in [0.15, 0.2) is 5.43 Å². The normalized spacial score (nSPS) is 19.0. The summed E-state index contributed by atoms with van der Waals surface area (Å²) in [5, 5.41) is 0.363. The van der Waals surface area contributed by atoms with Gasteiger partial charge in [0, 0.05) is 36.2 Å². The molecule has 0 spiro atoms. The molecule has 1 unspecified atom stereocenters. The predicted molar refractivity (Wildman–Crippen MR) is 121 cm³/mol. The van der Waals surface area contributed by atoms with E-state index in [4.69, 9.17) is 9.15 Å². The fourth-order valence-electron chi connectivity index (χ4n) is 4.53. The number of nitrogens with zero attached hydrogens (tertiary/aromatic N) is 2. The lowest BCUT2D eigenvalue weighted by Crippen LogP contribution is -2.39. The van der Waals surface area contributed by atoms with E-state index in [-0.39, 0.29) is 22.7 Å². The topological polar surface area (TPSA) is 63.0 Å². The Morgan fingerprint density at radius 2 is 1.84 bits per heavy atom. The monoisotopic (exact) mass is 500 g/mol. The summed E-state index contributed by atoms with van der Waals surface area (Å²) >= 11 is 3.38. The van der Waals surface area contributed by atoms with Crippen LogP contribution in [0, 0.1) is 5.82 Å². The molecular weight excluding hydrogens is 479 g/mol. The second-order valence-corrected chi connectivity index (χ2v) is 8.96. The molecule has 6 nitrogen and oxygen atoms in total. The molecule has 1 aromatic heterocycles. The van der Waals surface area contributed by atoms with Crippen LogP contribution in [-0.2, 0) is 4.74 Å². The van der Waals surface area contributed by atoms with Crippen molar-refractivity contribution in [2.75, 3.05) is 39.4 Å². The van der Waals surface area contributed by atoms with E-state index in [1.807, 2.05) is 0 Å². The quantitative estimate of drug-likeness (QED) is 0.530. The summed E-state index contributed by atoms with van der Waals surface area (Å²) in [6, 6.07) is 10.6. The Morgan fingerprint density at radius 3 is 2.62 bits per heavy atom. The van der Waals surface area contributed by atoms with Crippen LogP contribution in [-0.4, -0.2) is 55.1 Å². The van der Waals surface area contributed by atoms with Crippen LogP contribution in [0.5, 0.6) is 0 Å². The van der Waals surface area contributed by atoms with Crippen LogP contribution >= 0.6 is 15.9 Å². The first-order chi connectivity index (χ1) is 15.5. The SMILES string of the molecule is O=C1c2oc3ccc(Br)cc3c(=O)c2C(c2ccccc2F)N1CCCN1CCOCC1. The Hall–Kier alpha value is -2.55. The number of benzene rings is 2. The number of ether oxygens (including phenoxy) is 1. The van der Waals surface area contributed by atoms with E-state index in [0.717, 1.165) is 24.1 Å². The van der Waals surface area contributed by atoms with Crippen molar-refractivity contribution in [3.05, 3.63) is 79.9 Å². The van der Waals surface area contributed by atoms with Crippen LogP contribution in [0.15, 0.2) is 56.1 Å². The average molecular weight is 501 g/mol. The molecule has 3 aromatic rings. The largest absolute Gasteiger partial charge is 0.450 e. The fourth-order valence-corrected chi connectivity index (χ4v) is 4.89. The Balaban J connectivity index is 1.55. The fraction of sp³-hybridized carbons (Fsp3) is 0.333. The molecule has 0 radical (unpaired) electrons. The van der Waals surface area contributed by atoms with Gasteiger partial charge in [-0.25, -0.2) is 4.39 Å². The van der Waals surface area contributed by atoms with E-state index in [9.17, 15) is 14.0 Å². The maximum Gasteiger partial charge on any atom is 0.290 e. The summed E-state index contributed by atoms with van der Waals surface area (Å²) in [5.74, 6) is -0.827. The van der Waals surface area contributed by atoms with Crippen molar-refractivity contribution >= 4 is 32.8 Å². The smallest absolute Gasteiger partial charge is 0.290 e. The van der Waals surface area contributed by atoms with Gasteiger partial charge in [-0.2, -0.15) is 0 Å². The lowest BCUT2D eigenvalue weighted by Gasteiger charge is -2.29. The second kappa shape index (κ2) is 8.77. The summed E-state index contributed by atoms with van der Waals surface area (Å²) in [4.78, 5) is 30.7. The lowest BCUT2D eigenvalue weighted by molar-refractivity contribution is 0.0353. The number of amides is 1. The van der Waals surface area contributed by atoms with Crippen molar-refractivity contribution in [3.8, 4) is 0 Å². The molecule has 2 aromatic carbocycles. The lowest BCUT2D eigenvalue weighted by atomic mass is 9.98. The minimum absolute atomic E-state index is 0.00412. The molecule has 1 fully saturated rings. The summed E-state index contributed by atoms with van der Waals surface area (Å²) < 4.78 is 26.9. The number of halogens is 2. The predicted octanol–water partition coefficient (Wildman–Crippen LogP) is 3.96. The van der Waals surface area contributed by atoms with Crippen LogP contribution in [0.4, 0.5) is 4.39 Å². The minimum Gasteiger partial charge on any atom is -0.450 e. The van der Waals surface area contributed by atoms with Crippen molar-refractivity contribution in [2.24, 2.45) is 0 Å². The third kappa shape index (κ3) is 3.76. The molecule has 3 heterocycles. The number of carbonyl (C=O) groups is 1. The van der Waals surface area contributed by atoms with Crippen molar-refractivity contribution in [2.45, 2.75) is 12.5 Å². The Kier molecular flexibility index (Phi) is 5.84. The number of fused-ring (bicyclic) bond motifs is 2. The number of hydrogen-bond donors (Lipinski definition) is 0. The first-order valence-corrected chi connectivity index (χ1v) is 11.5. The Bertz CT molecular complexity index is 1240. The molecule has 0 bridgehead atoms. The van der Waals surface area contributed by atoms with Crippen molar-refractivity contribution in [3.63, 3.8) is 0 Å². The zero-order valence-corrected chi connectivity index (χ0v) is 18.9. The highest BCUT2D eigenvalue weighted by Crippen LogP contribution is 2.39. The molecular formula is C24H22BrFN2O4. The molecule has 0 saturated carbocycles. The number of rotatable bonds is 5. The van der Waals surface area contributed by atoms with Gasteiger partial charge in [-0.05, 0) is 30.7 Å². The zero-order valence-electron chi connectivity index (χ0n) is 17.4. The number of morpholine rings is 1. The van der Waals surface area contributed by atoms with Gasteiger partial charge < -0.3 is 14.1 Å². The van der Waals surface area contributed by atoms with Crippen molar-refractivity contribution < 1.29 is 18.3 Å². The first kappa shape index (κ1) is 21.3. The highest BCUT2D eigenvalue weighted by atomic mass is 79.9. The molecule has 166 valence electrons. The van der Waals surface area contributed by atoms with E-state index in [0.29, 0.717) is 42.7 Å². The first-order valence-electron chi connectivity index (χ1n) is 10.7. The zero-order chi connectivity index (χ0) is 22.2. The molecule has 32 heavy (non-hydrogen) atoms. The molecule has 5 rings (SSSR count). The minimum atomic E-state index is -0.817. The highest BCUT2D eigenvalue weighted by Gasteiger charge is 2.43. The van der Waals surface area contributed by atoms with E-state index < -0.39 is 11.9 Å². The molecule has 8 heteroatoms. The van der Waals surface area contributed by atoms with Crippen LogP contribution < -0.4 is 5.43 Å². The summed E-state index contributed by atoms with van der Waals surface area (Å²) in [6.45, 7) is 4.29. The van der Waals surface area contributed by atoms with E-state index in [1.165, 1.54) is 6.07 Å². The van der Waals surface area contributed by atoms with Crippen LogP contribution in [0.2, 0.25) is 0 Å². The Labute approximate surface area is 192 Å². The van der Waals surface area contributed by atoms with Crippen molar-refractivity contribution in [1.29, 1.82) is 0 Å². The highest BCUT2D eigenvalue weighted by molar-refractivity contribution is 9.10. The van der Waals surface area contributed by atoms with E-state index in [2.05, 4.69) is 20.8 Å². The van der Waals surface area contributed by atoms with Crippen molar-refractivity contribution in [1.82, 2.24) is 9.80 Å². The maximum atomic E-state index is 14.9. The molecule has 1 atom stereocenters. The third-order valence-corrected chi connectivity index (χ3v) is 6.60. The van der Waals surface area contributed by atoms with Gasteiger partial charge in [-0.1, -0.05) is 34.1 Å². The van der Waals surface area contributed by atoms with Crippen LogP contribution in [0.3, 0.4) is 0 Å². The van der Waals surface area contributed by atoms with E-state index >= 15 is 0 Å². The summed E-state index contributed by atoms with van der Waals surface area (Å²) in [5.41, 5.74) is 0.539. The van der Waals surface area contributed by atoms with Gasteiger partial charge in [0.2, 0.25) is 5.76 Å². The van der Waals surface area contributed by atoms with Crippen LogP contribution in [0.1, 0.15) is 34.1 Å². The van der Waals surface area contributed by atoms with Gasteiger partial charge in [0.25, 0.3) is 5.91 Å².